The van der Waals surface area contributed by atoms with Crippen molar-refractivity contribution in [2.75, 3.05) is 26.2 Å². The molecule has 7 nitrogen and oxygen atoms in total. The van der Waals surface area contributed by atoms with E-state index in [1.807, 2.05) is 31.2 Å². The molecule has 31 heavy (non-hydrogen) atoms. The first-order chi connectivity index (χ1) is 14.9. The van der Waals surface area contributed by atoms with Gasteiger partial charge in [-0.25, -0.2) is 9.07 Å². The molecule has 2 heterocycles. The highest BCUT2D eigenvalue weighted by Gasteiger charge is 2.50. The average molecular weight is 422 g/mol. The number of rotatable bonds is 3. The number of aryl methyl sites for hydroxylation is 1. The number of fused-ring (bicyclic) bond motifs is 1. The molecule has 0 spiro atoms. The smallest absolute Gasteiger partial charge is 0.256 e. The van der Waals surface area contributed by atoms with Crippen molar-refractivity contribution in [3.63, 3.8) is 0 Å². The Labute approximate surface area is 178 Å². The summed E-state index contributed by atoms with van der Waals surface area (Å²) in [6, 6.07) is 12.2. The molecule has 1 N–H and O–H groups in total. The SMILES string of the molecule is Cc1nn(-c2ccc(C(=O)N3CCN(C(=O)C4(O)CC4)CC3)c(F)c2)c2ccccc12. The summed E-state index contributed by atoms with van der Waals surface area (Å²) in [6.45, 7) is 3.20. The van der Waals surface area contributed by atoms with Gasteiger partial charge in [-0.3, -0.25) is 9.59 Å². The molecule has 160 valence electrons. The highest BCUT2D eigenvalue weighted by atomic mass is 19.1. The van der Waals surface area contributed by atoms with Gasteiger partial charge in [-0.1, -0.05) is 18.2 Å². The Bertz CT molecular complexity index is 1190. The first-order valence-corrected chi connectivity index (χ1v) is 10.4. The van der Waals surface area contributed by atoms with Crippen LogP contribution in [0.3, 0.4) is 0 Å². The van der Waals surface area contributed by atoms with Gasteiger partial charge in [-0.2, -0.15) is 5.10 Å². The predicted octanol–water partition coefficient (Wildman–Crippen LogP) is 2.28. The van der Waals surface area contributed by atoms with Crippen molar-refractivity contribution in [2.45, 2.75) is 25.4 Å². The van der Waals surface area contributed by atoms with E-state index in [2.05, 4.69) is 5.10 Å². The summed E-state index contributed by atoms with van der Waals surface area (Å²) in [4.78, 5) is 28.3. The van der Waals surface area contributed by atoms with Crippen LogP contribution in [0.25, 0.3) is 16.6 Å². The summed E-state index contributed by atoms with van der Waals surface area (Å²) in [5.74, 6) is -1.27. The second kappa shape index (κ2) is 7.16. The monoisotopic (exact) mass is 422 g/mol. The van der Waals surface area contributed by atoms with Crippen LogP contribution < -0.4 is 0 Å². The summed E-state index contributed by atoms with van der Waals surface area (Å²) in [5.41, 5.74) is 1.06. The van der Waals surface area contributed by atoms with E-state index in [-0.39, 0.29) is 11.5 Å². The Kier molecular flexibility index (Phi) is 4.55. The van der Waals surface area contributed by atoms with E-state index < -0.39 is 17.3 Å². The van der Waals surface area contributed by atoms with Crippen molar-refractivity contribution in [1.82, 2.24) is 19.6 Å². The Morgan fingerprint density at radius 3 is 2.39 bits per heavy atom. The molecule has 0 radical (unpaired) electrons. The maximum Gasteiger partial charge on any atom is 0.256 e. The van der Waals surface area contributed by atoms with E-state index >= 15 is 0 Å². The number of hydrogen-bond acceptors (Lipinski definition) is 4. The Balaban J connectivity index is 1.33. The fourth-order valence-corrected chi connectivity index (χ4v) is 4.14. The second-order valence-electron chi connectivity index (χ2n) is 8.29. The Morgan fingerprint density at radius 1 is 1.03 bits per heavy atom. The summed E-state index contributed by atoms with van der Waals surface area (Å²) < 4.78 is 16.6. The molecule has 1 aliphatic carbocycles. The molecule has 1 aromatic heterocycles. The highest BCUT2D eigenvalue weighted by Crippen LogP contribution is 2.37. The number of benzene rings is 2. The Morgan fingerprint density at radius 2 is 1.71 bits per heavy atom. The minimum atomic E-state index is -1.21. The van der Waals surface area contributed by atoms with Crippen LogP contribution in [0.4, 0.5) is 4.39 Å². The van der Waals surface area contributed by atoms with Crippen LogP contribution in [0.2, 0.25) is 0 Å². The lowest BCUT2D eigenvalue weighted by atomic mass is 10.1. The molecule has 5 rings (SSSR count). The third-order valence-corrected chi connectivity index (χ3v) is 6.18. The van der Waals surface area contributed by atoms with Crippen molar-refractivity contribution >= 4 is 22.7 Å². The van der Waals surface area contributed by atoms with Crippen molar-refractivity contribution in [3.05, 3.63) is 59.5 Å². The van der Waals surface area contributed by atoms with Crippen molar-refractivity contribution in [1.29, 1.82) is 0 Å². The van der Waals surface area contributed by atoms with E-state index in [1.54, 1.807) is 20.5 Å². The predicted molar refractivity (Wildman–Crippen MR) is 112 cm³/mol. The molecule has 2 aliphatic rings. The number of aromatic nitrogens is 2. The minimum absolute atomic E-state index is 0.00229. The molecule has 0 atom stereocenters. The van der Waals surface area contributed by atoms with E-state index in [9.17, 15) is 19.1 Å². The fourth-order valence-electron chi connectivity index (χ4n) is 4.14. The minimum Gasteiger partial charge on any atom is -0.380 e. The van der Waals surface area contributed by atoms with E-state index in [4.69, 9.17) is 0 Å². The van der Waals surface area contributed by atoms with Crippen LogP contribution in [0.1, 0.15) is 28.9 Å². The van der Waals surface area contributed by atoms with Gasteiger partial charge in [0, 0.05) is 37.6 Å². The van der Waals surface area contributed by atoms with Crippen LogP contribution in [-0.4, -0.2) is 68.3 Å². The zero-order chi connectivity index (χ0) is 21.8. The number of carbonyl (C=O) groups is 2. The molecule has 0 bridgehead atoms. The molecule has 2 amide bonds. The van der Waals surface area contributed by atoms with Crippen LogP contribution >= 0.6 is 0 Å². The van der Waals surface area contributed by atoms with Crippen LogP contribution in [0.15, 0.2) is 42.5 Å². The molecule has 2 fully saturated rings. The number of piperazine rings is 1. The molecule has 0 unspecified atom stereocenters. The standard InChI is InChI=1S/C23H23FN4O3/c1-15-17-4-2-3-5-20(17)28(25-15)16-6-7-18(19(24)14-16)21(29)26-10-12-27(13-11-26)22(30)23(31)8-9-23/h2-7,14,31H,8-13H2,1H3. The number of para-hydroxylation sites is 1. The number of nitrogens with zero attached hydrogens (tertiary/aromatic N) is 4. The van der Waals surface area contributed by atoms with Gasteiger partial charge < -0.3 is 14.9 Å². The zero-order valence-corrected chi connectivity index (χ0v) is 17.2. The van der Waals surface area contributed by atoms with Gasteiger partial charge in [0.15, 0.2) is 0 Å². The third-order valence-electron chi connectivity index (χ3n) is 6.18. The Hall–Kier alpha value is -3.26. The largest absolute Gasteiger partial charge is 0.380 e. The second-order valence-corrected chi connectivity index (χ2v) is 8.29. The zero-order valence-electron chi connectivity index (χ0n) is 17.2. The molecule has 1 aliphatic heterocycles. The van der Waals surface area contributed by atoms with Crippen molar-refractivity contribution < 1.29 is 19.1 Å². The van der Waals surface area contributed by atoms with E-state index in [0.29, 0.717) is 44.7 Å². The normalized spacial score (nSPS) is 17.8. The van der Waals surface area contributed by atoms with Crippen LogP contribution in [-0.2, 0) is 4.79 Å². The summed E-state index contributed by atoms with van der Waals surface area (Å²) in [7, 11) is 0. The molecule has 1 saturated heterocycles. The molecule has 8 heteroatoms. The quantitative estimate of drug-likeness (QED) is 0.703. The molecule has 1 saturated carbocycles. The molecule has 3 aromatic rings. The molecular weight excluding hydrogens is 399 g/mol. The van der Waals surface area contributed by atoms with Crippen molar-refractivity contribution in [2.24, 2.45) is 0 Å². The first kappa shape index (κ1) is 19.7. The fraction of sp³-hybridized carbons (Fsp3) is 0.348. The molecule has 2 aromatic carbocycles. The van der Waals surface area contributed by atoms with Crippen LogP contribution in [0, 0.1) is 12.7 Å². The number of amides is 2. The van der Waals surface area contributed by atoms with Gasteiger partial charge in [-0.05, 0) is 38.0 Å². The van der Waals surface area contributed by atoms with E-state index in [1.165, 1.54) is 12.1 Å². The van der Waals surface area contributed by atoms with Gasteiger partial charge >= 0.3 is 0 Å². The number of halogens is 1. The third kappa shape index (κ3) is 3.37. The number of hydrogen-bond donors (Lipinski definition) is 1. The van der Waals surface area contributed by atoms with Gasteiger partial charge in [0.25, 0.3) is 11.8 Å². The lowest BCUT2D eigenvalue weighted by Gasteiger charge is -2.35. The van der Waals surface area contributed by atoms with Crippen LogP contribution in [0.5, 0.6) is 0 Å². The summed E-state index contributed by atoms with van der Waals surface area (Å²) >= 11 is 0. The topological polar surface area (TPSA) is 78.7 Å². The summed E-state index contributed by atoms with van der Waals surface area (Å²) in [6.07, 6.45) is 0.987. The number of carbonyl (C=O) groups excluding carboxylic acids is 2. The van der Waals surface area contributed by atoms with Gasteiger partial charge in [0.2, 0.25) is 0 Å². The highest BCUT2D eigenvalue weighted by molar-refractivity contribution is 5.95. The maximum absolute atomic E-state index is 14.9. The first-order valence-electron chi connectivity index (χ1n) is 10.4. The maximum atomic E-state index is 14.9. The lowest BCUT2D eigenvalue weighted by molar-refractivity contribution is -0.143. The molecular formula is C23H23FN4O3. The average Bonchev–Trinajstić information content (AvgIpc) is 3.46. The van der Waals surface area contributed by atoms with E-state index in [0.717, 1.165) is 16.6 Å². The number of aliphatic hydroxyl groups is 1. The van der Waals surface area contributed by atoms with Gasteiger partial charge in [-0.15, -0.1) is 0 Å². The lowest BCUT2D eigenvalue weighted by Crippen LogP contribution is -2.53. The van der Waals surface area contributed by atoms with Gasteiger partial charge in [0.05, 0.1) is 22.5 Å². The van der Waals surface area contributed by atoms with Crippen molar-refractivity contribution in [3.8, 4) is 5.69 Å². The van der Waals surface area contributed by atoms with Gasteiger partial charge in [0.1, 0.15) is 11.4 Å². The summed E-state index contributed by atoms with van der Waals surface area (Å²) in [5, 5.41) is 15.5.